The van der Waals surface area contributed by atoms with E-state index in [1.807, 2.05) is 20.8 Å². The summed E-state index contributed by atoms with van der Waals surface area (Å²) in [5.41, 5.74) is 0.462. The minimum Gasteiger partial charge on any atom is -0.490 e. The monoisotopic (exact) mass is 280 g/mol. The van der Waals surface area contributed by atoms with Gasteiger partial charge in [0, 0.05) is 12.1 Å². The molecule has 1 aromatic rings. The fourth-order valence-corrected chi connectivity index (χ4v) is 1.74. The summed E-state index contributed by atoms with van der Waals surface area (Å²) in [5.74, 6) is 1.33. The van der Waals surface area contributed by atoms with E-state index in [0.29, 0.717) is 49.2 Å². The first-order valence-electron chi connectivity index (χ1n) is 6.81. The fourth-order valence-electron chi connectivity index (χ4n) is 1.74. The Morgan fingerprint density at radius 1 is 1.05 bits per heavy atom. The van der Waals surface area contributed by atoms with E-state index < -0.39 is 0 Å². The first kappa shape index (κ1) is 16.1. The van der Waals surface area contributed by atoms with Crippen molar-refractivity contribution in [2.75, 3.05) is 26.4 Å². The summed E-state index contributed by atoms with van der Waals surface area (Å²) in [6.07, 6.45) is 0. The van der Waals surface area contributed by atoms with Crippen LogP contribution in [-0.2, 0) is 0 Å². The number of nitrogens with one attached hydrogen (secondary N) is 1. The van der Waals surface area contributed by atoms with Crippen molar-refractivity contribution < 1.29 is 19.0 Å². The van der Waals surface area contributed by atoms with E-state index in [9.17, 15) is 4.79 Å². The normalized spacial score (nSPS) is 10.0. The van der Waals surface area contributed by atoms with E-state index in [-0.39, 0.29) is 5.91 Å². The number of carbonyl (C=O) groups is 1. The number of hydrogen-bond donors (Lipinski definition) is 1. The van der Waals surface area contributed by atoms with Crippen LogP contribution < -0.4 is 19.5 Å². The topological polar surface area (TPSA) is 56.8 Å². The molecule has 0 saturated carbocycles. The molecular weight excluding hydrogens is 258 g/mol. The van der Waals surface area contributed by atoms with E-state index in [0.717, 1.165) is 0 Å². The van der Waals surface area contributed by atoms with E-state index >= 15 is 0 Å². The highest BCUT2D eigenvalue weighted by molar-refractivity contribution is 5.95. The highest BCUT2D eigenvalue weighted by Gasteiger charge is 2.17. The quantitative estimate of drug-likeness (QED) is 0.794. The summed E-state index contributed by atoms with van der Waals surface area (Å²) in [6, 6.07) is 3.31. The van der Waals surface area contributed by atoms with Gasteiger partial charge in [0.1, 0.15) is 0 Å². The number of benzene rings is 1. The van der Waals surface area contributed by atoms with Crippen molar-refractivity contribution in [2.24, 2.45) is 0 Å². The maximum absolute atomic E-state index is 11.9. The van der Waals surface area contributed by atoms with Crippen LogP contribution in [0.3, 0.4) is 0 Å². The molecule has 1 rings (SSSR count). The first-order valence-corrected chi connectivity index (χ1v) is 6.81. The van der Waals surface area contributed by atoms with E-state index in [2.05, 4.69) is 12.2 Å². The Balaban J connectivity index is 3.25. The Morgan fingerprint density at radius 3 is 1.95 bits per heavy atom. The molecule has 0 aromatic heterocycles. The van der Waals surface area contributed by atoms with Crippen molar-refractivity contribution in [3.8, 4) is 17.2 Å². The maximum Gasteiger partial charge on any atom is 0.251 e. The third-order valence-electron chi connectivity index (χ3n) is 2.46. The fraction of sp³-hybridized carbons (Fsp3) is 0.467. The molecular formula is C15H22NO4. The van der Waals surface area contributed by atoms with Crippen LogP contribution in [0.25, 0.3) is 0 Å². The lowest BCUT2D eigenvalue weighted by atomic mass is 10.1. The standard InChI is InChI=1S/C15H22NO4/c1-5-16-15(17)11-9-12(18-6-2)14(20-8-4)13(10-11)19-7-3/h9-10H,1,5-8H2,2-4H3,(H,16,17). The van der Waals surface area contributed by atoms with E-state index in [1.165, 1.54) is 0 Å². The van der Waals surface area contributed by atoms with Crippen molar-refractivity contribution in [2.45, 2.75) is 20.8 Å². The zero-order valence-corrected chi connectivity index (χ0v) is 12.3. The van der Waals surface area contributed by atoms with Crippen LogP contribution in [-0.4, -0.2) is 32.3 Å². The average molecular weight is 280 g/mol. The molecule has 1 aromatic carbocycles. The minimum absolute atomic E-state index is 0.218. The van der Waals surface area contributed by atoms with Crippen LogP contribution in [0.5, 0.6) is 17.2 Å². The molecule has 0 fully saturated rings. The number of hydrogen-bond acceptors (Lipinski definition) is 4. The SMILES string of the molecule is [CH2]CNC(=O)c1cc(OCC)c(OCC)c(OCC)c1. The van der Waals surface area contributed by atoms with Crippen molar-refractivity contribution in [1.29, 1.82) is 0 Å². The number of carbonyl (C=O) groups excluding carboxylic acids is 1. The maximum atomic E-state index is 11.9. The second-order valence-electron chi connectivity index (χ2n) is 3.86. The molecule has 0 aliphatic heterocycles. The lowest BCUT2D eigenvalue weighted by Crippen LogP contribution is -2.23. The van der Waals surface area contributed by atoms with Gasteiger partial charge in [0.2, 0.25) is 5.75 Å². The van der Waals surface area contributed by atoms with Gasteiger partial charge < -0.3 is 19.5 Å². The van der Waals surface area contributed by atoms with Gasteiger partial charge in [-0.1, -0.05) is 0 Å². The van der Waals surface area contributed by atoms with Crippen LogP contribution in [0.1, 0.15) is 31.1 Å². The van der Waals surface area contributed by atoms with Crippen LogP contribution >= 0.6 is 0 Å². The Kier molecular flexibility index (Phi) is 6.70. The van der Waals surface area contributed by atoms with Gasteiger partial charge in [-0.05, 0) is 39.8 Å². The Labute approximate surface area is 120 Å². The summed E-state index contributed by atoms with van der Waals surface area (Å²) >= 11 is 0. The van der Waals surface area contributed by atoms with Crippen molar-refractivity contribution in [1.82, 2.24) is 5.32 Å². The molecule has 1 amide bonds. The van der Waals surface area contributed by atoms with Crippen LogP contribution in [0.4, 0.5) is 0 Å². The molecule has 0 bridgehead atoms. The number of amides is 1. The molecule has 20 heavy (non-hydrogen) atoms. The molecule has 0 aliphatic rings. The second-order valence-corrected chi connectivity index (χ2v) is 3.86. The molecule has 0 heterocycles. The zero-order chi connectivity index (χ0) is 15.0. The molecule has 1 radical (unpaired) electrons. The predicted molar refractivity (Wildman–Crippen MR) is 77.6 cm³/mol. The van der Waals surface area contributed by atoms with Gasteiger partial charge in [-0.25, -0.2) is 0 Å². The van der Waals surface area contributed by atoms with E-state index in [4.69, 9.17) is 14.2 Å². The molecule has 0 saturated heterocycles. The van der Waals surface area contributed by atoms with E-state index in [1.54, 1.807) is 12.1 Å². The predicted octanol–water partition coefficient (Wildman–Crippen LogP) is 2.45. The lowest BCUT2D eigenvalue weighted by molar-refractivity contribution is 0.0956. The van der Waals surface area contributed by atoms with Gasteiger partial charge in [-0.2, -0.15) is 0 Å². The molecule has 0 atom stereocenters. The molecule has 0 unspecified atom stereocenters. The Bertz CT molecular complexity index is 418. The minimum atomic E-state index is -0.218. The molecule has 1 N–H and O–H groups in total. The second kappa shape index (κ2) is 8.30. The van der Waals surface area contributed by atoms with Crippen LogP contribution in [0.2, 0.25) is 0 Å². The van der Waals surface area contributed by atoms with Gasteiger partial charge in [0.25, 0.3) is 5.91 Å². The summed E-state index contributed by atoms with van der Waals surface area (Å²) in [6.45, 7) is 11.0. The highest BCUT2D eigenvalue weighted by Crippen LogP contribution is 2.39. The van der Waals surface area contributed by atoms with Gasteiger partial charge >= 0.3 is 0 Å². The Morgan fingerprint density at radius 2 is 1.55 bits per heavy atom. The summed E-state index contributed by atoms with van der Waals surface area (Å²) in [7, 11) is 0. The molecule has 0 aliphatic carbocycles. The smallest absolute Gasteiger partial charge is 0.251 e. The largest absolute Gasteiger partial charge is 0.490 e. The highest BCUT2D eigenvalue weighted by atomic mass is 16.5. The molecule has 5 nitrogen and oxygen atoms in total. The van der Waals surface area contributed by atoms with Crippen LogP contribution in [0, 0.1) is 6.92 Å². The van der Waals surface area contributed by atoms with Gasteiger partial charge in [0.15, 0.2) is 11.5 Å². The van der Waals surface area contributed by atoms with Crippen molar-refractivity contribution in [3.05, 3.63) is 24.6 Å². The summed E-state index contributed by atoms with van der Waals surface area (Å²) in [4.78, 5) is 11.9. The molecule has 111 valence electrons. The summed E-state index contributed by atoms with van der Waals surface area (Å²) in [5, 5.41) is 2.65. The summed E-state index contributed by atoms with van der Waals surface area (Å²) < 4.78 is 16.7. The van der Waals surface area contributed by atoms with Gasteiger partial charge in [-0.15, -0.1) is 0 Å². The molecule has 0 spiro atoms. The molecule has 5 heteroatoms. The number of ether oxygens (including phenoxy) is 3. The average Bonchev–Trinajstić information content (AvgIpc) is 2.43. The van der Waals surface area contributed by atoms with Gasteiger partial charge in [0.05, 0.1) is 19.8 Å². The number of rotatable bonds is 8. The zero-order valence-electron chi connectivity index (χ0n) is 12.3. The van der Waals surface area contributed by atoms with Crippen molar-refractivity contribution >= 4 is 5.91 Å². The lowest BCUT2D eigenvalue weighted by Gasteiger charge is -2.16. The first-order chi connectivity index (χ1) is 9.67. The Hall–Kier alpha value is -1.91. The van der Waals surface area contributed by atoms with Crippen LogP contribution in [0.15, 0.2) is 12.1 Å². The third kappa shape index (κ3) is 4.05. The van der Waals surface area contributed by atoms with Crippen molar-refractivity contribution in [3.63, 3.8) is 0 Å². The van der Waals surface area contributed by atoms with Gasteiger partial charge in [-0.3, -0.25) is 4.79 Å². The third-order valence-corrected chi connectivity index (χ3v) is 2.46.